The van der Waals surface area contributed by atoms with Crippen molar-refractivity contribution in [3.8, 4) is 0 Å². The van der Waals surface area contributed by atoms with Gasteiger partial charge in [-0.2, -0.15) is 0 Å². The predicted octanol–water partition coefficient (Wildman–Crippen LogP) is 3.75. The van der Waals surface area contributed by atoms with Crippen LogP contribution in [0.15, 0.2) is 29.2 Å². The van der Waals surface area contributed by atoms with Crippen LogP contribution in [-0.2, 0) is 4.79 Å². The predicted molar refractivity (Wildman–Crippen MR) is 92.1 cm³/mol. The van der Waals surface area contributed by atoms with Gasteiger partial charge in [0.1, 0.15) is 5.52 Å². The fourth-order valence-electron chi connectivity index (χ4n) is 1.84. The highest BCUT2D eigenvalue weighted by Crippen LogP contribution is 2.27. The van der Waals surface area contributed by atoms with Gasteiger partial charge in [-0.1, -0.05) is 18.5 Å². The molecule has 0 bridgehead atoms. The van der Waals surface area contributed by atoms with Gasteiger partial charge in [0.05, 0.1) is 10.5 Å². The van der Waals surface area contributed by atoms with Crippen LogP contribution in [0.5, 0.6) is 0 Å². The van der Waals surface area contributed by atoms with Crippen molar-refractivity contribution in [1.29, 1.82) is 0 Å². The lowest BCUT2D eigenvalue weighted by Crippen LogP contribution is -2.06. The first-order valence-corrected chi connectivity index (χ1v) is 7.59. The molecule has 3 aromatic rings. The molecule has 21 heavy (non-hydrogen) atoms. The number of carbonyl (C=O) groups is 1. The van der Waals surface area contributed by atoms with Crippen LogP contribution in [-0.4, -0.2) is 21.0 Å². The number of halogens is 2. The summed E-state index contributed by atoms with van der Waals surface area (Å²) in [4.78, 5) is 26.8. The van der Waals surface area contributed by atoms with Gasteiger partial charge in [0.15, 0.2) is 0 Å². The molecular weight excluding hydrogens is 407 g/mol. The topological polar surface area (TPSA) is 85.9 Å². The zero-order chi connectivity index (χ0) is 15.6. The number of aliphatic carboxylic acids is 1. The first kappa shape index (κ1) is 15.8. The van der Waals surface area contributed by atoms with E-state index in [0.29, 0.717) is 10.5 Å². The van der Waals surface area contributed by atoms with E-state index in [9.17, 15) is 9.59 Å². The van der Waals surface area contributed by atoms with Gasteiger partial charge in [-0.25, -0.2) is 0 Å². The summed E-state index contributed by atoms with van der Waals surface area (Å²) in [6.07, 6.45) is 1.99. The number of carboxylic acids is 1. The van der Waals surface area contributed by atoms with Crippen molar-refractivity contribution in [3.05, 3.63) is 43.3 Å². The molecular formula is C14H12ClIN2O3. The third-order valence-corrected chi connectivity index (χ3v) is 4.40. The molecule has 0 aliphatic rings. The van der Waals surface area contributed by atoms with Crippen LogP contribution >= 0.6 is 34.2 Å². The summed E-state index contributed by atoms with van der Waals surface area (Å²) in [6.45, 7) is 1.60. The van der Waals surface area contributed by atoms with Crippen molar-refractivity contribution in [1.82, 2.24) is 9.97 Å². The first-order chi connectivity index (χ1) is 9.93. The minimum absolute atomic E-state index is 0.121. The smallest absolute Gasteiger partial charge is 0.303 e. The number of pyridine rings is 1. The number of aromatic amines is 2. The quantitative estimate of drug-likeness (QED) is 0.526. The monoisotopic (exact) mass is 418 g/mol. The molecule has 0 radical (unpaired) electrons. The zero-order valence-electron chi connectivity index (χ0n) is 11.0. The third-order valence-electron chi connectivity index (χ3n) is 2.88. The Hall–Kier alpha value is -1.54. The molecule has 110 valence electrons. The maximum absolute atomic E-state index is 11.7. The molecule has 0 fully saturated rings. The van der Waals surface area contributed by atoms with Gasteiger partial charge in [0.2, 0.25) is 0 Å². The van der Waals surface area contributed by atoms with Crippen LogP contribution in [0.4, 0.5) is 0 Å². The van der Waals surface area contributed by atoms with Crippen LogP contribution in [0.25, 0.3) is 21.8 Å². The number of rotatable bonds is 1. The minimum atomic E-state index is -0.745. The Morgan fingerprint density at radius 2 is 2.05 bits per heavy atom. The van der Waals surface area contributed by atoms with Gasteiger partial charge in [0, 0.05) is 27.0 Å². The highest BCUT2D eigenvalue weighted by atomic mass is 127. The van der Waals surface area contributed by atoms with E-state index in [1.54, 1.807) is 19.2 Å². The lowest BCUT2D eigenvalue weighted by atomic mass is 10.1. The Balaban J connectivity index is 0.000000282. The van der Waals surface area contributed by atoms with E-state index < -0.39 is 5.97 Å². The molecule has 7 heteroatoms. The molecule has 0 saturated carbocycles. The molecule has 0 amide bonds. The Labute approximate surface area is 138 Å². The molecule has 0 atom stereocenters. The number of fused-ring (bicyclic) bond motifs is 3. The molecule has 2 heterocycles. The van der Waals surface area contributed by atoms with Crippen molar-refractivity contribution in [2.75, 3.05) is 0 Å². The van der Waals surface area contributed by atoms with E-state index >= 15 is 0 Å². The van der Waals surface area contributed by atoms with Crippen molar-refractivity contribution >= 4 is 62.0 Å². The average Bonchev–Trinajstić information content (AvgIpc) is 2.92. The summed E-state index contributed by atoms with van der Waals surface area (Å²) in [5, 5.41) is 10.3. The van der Waals surface area contributed by atoms with Gasteiger partial charge in [-0.3, -0.25) is 9.59 Å². The first-order valence-electron chi connectivity index (χ1n) is 6.14. The summed E-state index contributed by atoms with van der Waals surface area (Å²) in [5.41, 5.74) is 1.25. The number of nitrogens with one attached hydrogen (secondary N) is 2. The molecule has 3 N–H and O–H groups in total. The molecule has 0 aliphatic carbocycles. The number of benzene rings is 1. The number of hydrogen-bond donors (Lipinski definition) is 3. The lowest BCUT2D eigenvalue weighted by molar-refractivity contribution is -0.136. The van der Waals surface area contributed by atoms with Crippen LogP contribution in [0.2, 0.25) is 5.02 Å². The Morgan fingerprint density at radius 3 is 2.67 bits per heavy atom. The van der Waals surface area contributed by atoms with Crippen molar-refractivity contribution in [3.63, 3.8) is 0 Å². The number of carboxylic acid groups (broad SMARTS) is 1. The Kier molecular flexibility index (Phi) is 4.89. The van der Waals surface area contributed by atoms with Crippen LogP contribution < -0.4 is 5.56 Å². The molecule has 3 rings (SSSR count). The van der Waals surface area contributed by atoms with Crippen LogP contribution in [0, 0.1) is 3.57 Å². The molecule has 5 nitrogen and oxygen atoms in total. The standard InChI is InChI=1S/C11H6ClIN2O.C3H6O2/c12-7-4-9-6(3-8(7)13)5-1-2-14-10(5)11(16)15-9;1-2-3(4)5/h1-4,14H,(H,15,16);2H2,1H3,(H,4,5). The summed E-state index contributed by atoms with van der Waals surface area (Å²) < 4.78 is 0.973. The number of hydrogen-bond acceptors (Lipinski definition) is 2. The second kappa shape index (κ2) is 6.48. The zero-order valence-corrected chi connectivity index (χ0v) is 13.9. The SMILES string of the molecule is CCC(=O)O.O=c1[nH]c2cc(Cl)c(I)cc2c2cc[nH]c12. The van der Waals surface area contributed by atoms with E-state index in [-0.39, 0.29) is 12.0 Å². The molecule has 1 aromatic carbocycles. The fraction of sp³-hybridized carbons (Fsp3) is 0.143. The van der Waals surface area contributed by atoms with E-state index in [4.69, 9.17) is 16.7 Å². The minimum Gasteiger partial charge on any atom is -0.481 e. The molecule has 0 aliphatic heterocycles. The molecule has 0 spiro atoms. The second-order valence-corrected chi connectivity index (χ2v) is 5.85. The van der Waals surface area contributed by atoms with Crippen molar-refractivity contribution < 1.29 is 9.90 Å². The van der Waals surface area contributed by atoms with Crippen molar-refractivity contribution in [2.45, 2.75) is 13.3 Å². The van der Waals surface area contributed by atoms with Gasteiger partial charge < -0.3 is 15.1 Å². The average molecular weight is 419 g/mol. The normalized spacial score (nSPS) is 10.4. The number of aromatic nitrogens is 2. The molecule has 0 saturated heterocycles. The summed E-state index contributed by atoms with van der Waals surface area (Å²) >= 11 is 8.21. The molecule has 2 aromatic heterocycles. The van der Waals surface area contributed by atoms with Gasteiger partial charge in [-0.15, -0.1) is 0 Å². The lowest BCUT2D eigenvalue weighted by Gasteiger charge is -2.02. The van der Waals surface area contributed by atoms with Crippen LogP contribution in [0.1, 0.15) is 13.3 Å². The number of H-pyrrole nitrogens is 2. The molecule has 0 unspecified atom stereocenters. The Morgan fingerprint density at radius 1 is 1.38 bits per heavy atom. The van der Waals surface area contributed by atoms with Gasteiger partial charge >= 0.3 is 5.97 Å². The Bertz CT molecular complexity index is 870. The van der Waals surface area contributed by atoms with E-state index in [2.05, 4.69) is 32.6 Å². The maximum atomic E-state index is 11.7. The van der Waals surface area contributed by atoms with E-state index in [1.165, 1.54) is 0 Å². The van der Waals surface area contributed by atoms with E-state index in [0.717, 1.165) is 19.9 Å². The fourth-order valence-corrected chi connectivity index (χ4v) is 2.47. The van der Waals surface area contributed by atoms with E-state index in [1.807, 2.05) is 12.1 Å². The van der Waals surface area contributed by atoms with Gasteiger partial charge in [-0.05, 0) is 40.8 Å². The maximum Gasteiger partial charge on any atom is 0.303 e. The van der Waals surface area contributed by atoms with Gasteiger partial charge in [0.25, 0.3) is 5.56 Å². The highest BCUT2D eigenvalue weighted by molar-refractivity contribution is 14.1. The van der Waals surface area contributed by atoms with Crippen LogP contribution in [0.3, 0.4) is 0 Å². The summed E-state index contributed by atoms with van der Waals surface area (Å²) in [7, 11) is 0. The summed E-state index contributed by atoms with van der Waals surface area (Å²) in [5.74, 6) is -0.745. The largest absolute Gasteiger partial charge is 0.481 e. The third kappa shape index (κ3) is 3.38. The second-order valence-electron chi connectivity index (χ2n) is 4.28. The van der Waals surface area contributed by atoms with Crippen molar-refractivity contribution in [2.24, 2.45) is 0 Å². The summed E-state index contributed by atoms with van der Waals surface area (Å²) in [6, 6.07) is 5.66. The highest BCUT2D eigenvalue weighted by Gasteiger charge is 2.08.